The molecule has 0 aliphatic carbocycles. The van der Waals surface area contributed by atoms with Crippen molar-refractivity contribution in [3.05, 3.63) is 18.3 Å². The lowest BCUT2D eigenvalue weighted by molar-refractivity contribution is 0.293. The molecule has 0 amide bonds. The fraction of sp³-hybridized carbons (Fsp3) is 0.667. The third-order valence-electron chi connectivity index (χ3n) is 3.57. The predicted molar refractivity (Wildman–Crippen MR) is 78.2 cm³/mol. The minimum absolute atomic E-state index is 0.429. The fourth-order valence-corrected chi connectivity index (χ4v) is 2.61. The summed E-state index contributed by atoms with van der Waals surface area (Å²) in [6.07, 6.45) is 5.65. The highest BCUT2D eigenvalue weighted by Gasteiger charge is 2.26. The van der Waals surface area contributed by atoms with Crippen molar-refractivity contribution in [2.45, 2.75) is 40.0 Å². The van der Waals surface area contributed by atoms with Crippen LogP contribution in [-0.4, -0.2) is 24.6 Å². The zero-order chi connectivity index (χ0) is 13.0. The molecule has 1 aromatic heterocycles. The van der Waals surface area contributed by atoms with Crippen LogP contribution in [0.25, 0.3) is 0 Å². The van der Waals surface area contributed by atoms with Crippen LogP contribution in [0, 0.1) is 5.41 Å². The summed E-state index contributed by atoms with van der Waals surface area (Å²) in [4.78, 5) is 6.86. The molecule has 1 aromatic rings. The van der Waals surface area contributed by atoms with E-state index >= 15 is 0 Å². The molecule has 1 saturated heterocycles. The zero-order valence-corrected chi connectivity index (χ0v) is 11.9. The van der Waals surface area contributed by atoms with Gasteiger partial charge in [0.1, 0.15) is 5.82 Å². The Bertz CT molecular complexity index is 387. The third-order valence-corrected chi connectivity index (χ3v) is 3.57. The quantitative estimate of drug-likeness (QED) is 0.882. The summed E-state index contributed by atoms with van der Waals surface area (Å²) in [5, 5.41) is 3.36. The van der Waals surface area contributed by atoms with Gasteiger partial charge in [-0.15, -0.1) is 0 Å². The standard InChI is InChI=1S/C15H25N3/c1-4-8-16-14-11-13(6-9-17-14)18-10-5-7-15(2,3)12-18/h6,9,11H,4-5,7-8,10,12H2,1-3H3,(H,16,17). The number of nitrogens with zero attached hydrogens (tertiary/aromatic N) is 2. The summed E-state index contributed by atoms with van der Waals surface area (Å²) < 4.78 is 0. The van der Waals surface area contributed by atoms with Crippen LogP contribution in [-0.2, 0) is 0 Å². The molecule has 1 N–H and O–H groups in total. The highest BCUT2D eigenvalue weighted by molar-refractivity contribution is 5.54. The van der Waals surface area contributed by atoms with E-state index in [9.17, 15) is 0 Å². The van der Waals surface area contributed by atoms with Gasteiger partial charge in [0.2, 0.25) is 0 Å². The highest BCUT2D eigenvalue weighted by Crippen LogP contribution is 2.31. The molecule has 1 fully saturated rings. The second-order valence-corrected chi connectivity index (χ2v) is 6.02. The average Bonchev–Trinajstić information content (AvgIpc) is 2.35. The van der Waals surface area contributed by atoms with Crippen LogP contribution >= 0.6 is 0 Å². The van der Waals surface area contributed by atoms with Crippen molar-refractivity contribution in [2.24, 2.45) is 5.41 Å². The SMILES string of the molecule is CCCNc1cc(N2CCCC(C)(C)C2)ccn1. The molecule has 3 heteroatoms. The molecule has 2 heterocycles. The van der Waals surface area contributed by atoms with Gasteiger partial charge in [0.15, 0.2) is 0 Å². The Labute approximate surface area is 111 Å². The van der Waals surface area contributed by atoms with Gasteiger partial charge in [0.05, 0.1) is 0 Å². The van der Waals surface area contributed by atoms with Crippen LogP contribution in [0.5, 0.6) is 0 Å². The Kier molecular flexibility index (Phi) is 4.10. The van der Waals surface area contributed by atoms with Crippen LogP contribution in [0.1, 0.15) is 40.0 Å². The molecule has 0 saturated carbocycles. The summed E-state index contributed by atoms with van der Waals surface area (Å²) in [5.41, 5.74) is 1.73. The molecular formula is C15H25N3. The maximum Gasteiger partial charge on any atom is 0.127 e. The van der Waals surface area contributed by atoms with Crippen LogP contribution in [0.4, 0.5) is 11.5 Å². The van der Waals surface area contributed by atoms with Gasteiger partial charge in [0.25, 0.3) is 0 Å². The van der Waals surface area contributed by atoms with Crippen LogP contribution in [0.15, 0.2) is 18.3 Å². The van der Waals surface area contributed by atoms with Gasteiger partial charge in [0, 0.05) is 37.6 Å². The topological polar surface area (TPSA) is 28.2 Å². The molecule has 2 rings (SSSR count). The lowest BCUT2D eigenvalue weighted by atomic mass is 9.84. The highest BCUT2D eigenvalue weighted by atomic mass is 15.1. The van der Waals surface area contributed by atoms with Crippen molar-refractivity contribution in [2.75, 3.05) is 29.9 Å². The third kappa shape index (κ3) is 3.37. The minimum Gasteiger partial charge on any atom is -0.371 e. The fourth-order valence-electron chi connectivity index (χ4n) is 2.61. The summed E-state index contributed by atoms with van der Waals surface area (Å²) in [5.74, 6) is 0.998. The van der Waals surface area contributed by atoms with Crippen LogP contribution in [0.2, 0.25) is 0 Å². The molecule has 0 spiro atoms. The van der Waals surface area contributed by atoms with E-state index in [1.54, 1.807) is 0 Å². The van der Waals surface area contributed by atoms with E-state index in [0.717, 1.165) is 25.3 Å². The van der Waals surface area contributed by atoms with Crippen molar-refractivity contribution < 1.29 is 0 Å². The first-order chi connectivity index (χ1) is 8.61. The largest absolute Gasteiger partial charge is 0.371 e. The molecule has 0 unspecified atom stereocenters. The lowest BCUT2D eigenvalue weighted by Gasteiger charge is -2.39. The lowest BCUT2D eigenvalue weighted by Crippen LogP contribution is -2.40. The maximum atomic E-state index is 4.37. The molecule has 0 atom stereocenters. The van der Waals surface area contributed by atoms with Crippen molar-refractivity contribution in [3.8, 4) is 0 Å². The van der Waals surface area contributed by atoms with Gasteiger partial charge >= 0.3 is 0 Å². The van der Waals surface area contributed by atoms with Gasteiger partial charge < -0.3 is 10.2 Å². The van der Waals surface area contributed by atoms with E-state index in [4.69, 9.17) is 0 Å². The second-order valence-electron chi connectivity index (χ2n) is 6.02. The summed E-state index contributed by atoms with van der Waals surface area (Å²) in [6.45, 7) is 10.2. The number of pyridine rings is 1. The van der Waals surface area contributed by atoms with Gasteiger partial charge in [-0.2, -0.15) is 0 Å². The van der Waals surface area contributed by atoms with Gasteiger partial charge in [-0.1, -0.05) is 20.8 Å². The Hall–Kier alpha value is -1.25. The minimum atomic E-state index is 0.429. The number of nitrogens with one attached hydrogen (secondary N) is 1. The normalized spacial score (nSPS) is 18.7. The summed E-state index contributed by atoms with van der Waals surface area (Å²) in [7, 11) is 0. The number of piperidine rings is 1. The number of aromatic nitrogens is 1. The van der Waals surface area contributed by atoms with E-state index in [0.29, 0.717) is 5.41 Å². The first-order valence-corrected chi connectivity index (χ1v) is 7.05. The summed E-state index contributed by atoms with van der Waals surface area (Å²) >= 11 is 0. The van der Waals surface area contributed by atoms with Gasteiger partial charge in [-0.3, -0.25) is 0 Å². The molecule has 100 valence electrons. The number of anilines is 2. The van der Waals surface area contributed by atoms with E-state index < -0.39 is 0 Å². The maximum absolute atomic E-state index is 4.37. The zero-order valence-electron chi connectivity index (χ0n) is 11.9. The van der Waals surface area contributed by atoms with E-state index in [1.165, 1.54) is 25.1 Å². The molecule has 1 aliphatic rings. The number of hydrogen-bond donors (Lipinski definition) is 1. The van der Waals surface area contributed by atoms with Crippen molar-refractivity contribution in [3.63, 3.8) is 0 Å². The average molecular weight is 247 g/mol. The van der Waals surface area contributed by atoms with E-state index in [1.807, 2.05) is 6.20 Å². The van der Waals surface area contributed by atoms with E-state index in [2.05, 4.69) is 48.1 Å². The molecule has 1 aliphatic heterocycles. The van der Waals surface area contributed by atoms with Gasteiger partial charge in [-0.25, -0.2) is 4.98 Å². The monoisotopic (exact) mass is 247 g/mol. The Morgan fingerprint density at radius 1 is 1.44 bits per heavy atom. The number of rotatable bonds is 4. The molecule has 0 bridgehead atoms. The van der Waals surface area contributed by atoms with Crippen molar-refractivity contribution >= 4 is 11.5 Å². The number of hydrogen-bond acceptors (Lipinski definition) is 3. The predicted octanol–water partition coefficient (Wildman–Crippen LogP) is 3.53. The van der Waals surface area contributed by atoms with E-state index in [-0.39, 0.29) is 0 Å². The van der Waals surface area contributed by atoms with Crippen LogP contribution in [0.3, 0.4) is 0 Å². The Morgan fingerprint density at radius 2 is 2.28 bits per heavy atom. The Morgan fingerprint density at radius 3 is 3.00 bits per heavy atom. The summed E-state index contributed by atoms with van der Waals surface area (Å²) in [6, 6.07) is 4.30. The first-order valence-electron chi connectivity index (χ1n) is 7.05. The molecule has 0 radical (unpaired) electrons. The second kappa shape index (κ2) is 5.59. The van der Waals surface area contributed by atoms with Gasteiger partial charge in [-0.05, 0) is 30.7 Å². The molecule has 18 heavy (non-hydrogen) atoms. The molecule has 0 aromatic carbocycles. The Balaban J connectivity index is 2.07. The smallest absolute Gasteiger partial charge is 0.127 e. The first kappa shape index (κ1) is 13.2. The van der Waals surface area contributed by atoms with Crippen molar-refractivity contribution in [1.29, 1.82) is 0 Å². The molecule has 3 nitrogen and oxygen atoms in total. The molecular weight excluding hydrogens is 222 g/mol. The van der Waals surface area contributed by atoms with Crippen LogP contribution < -0.4 is 10.2 Å². The van der Waals surface area contributed by atoms with Crippen molar-refractivity contribution in [1.82, 2.24) is 4.98 Å².